The average molecular weight is 350 g/mol. The van der Waals surface area contributed by atoms with Crippen molar-refractivity contribution in [3.8, 4) is 5.75 Å². The van der Waals surface area contributed by atoms with Crippen LogP contribution in [0.2, 0.25) is 0 Å². The Kier molecular flexibility index (Phi) is 9.31. The van der Waals surface area contributed by atoms with Crippen LogP contribution in [0.3, 0.4) is 0 Å². The topological polar surface area (TPSA) is 143 Å². The van der Waals surface area contributed by atoms with Crippen molar-refractivity contribution in [2.75, 3.05) is 6.61 Å². The van der Waals surface area contributed by atoms with Crippen LogP contribution in [-0.4, -0.2) is 35.8 Å². The monoisotopic (exact) mass is 350 g/mol. The smallest absolute Gasteiger partial charge is 0.255 e. The minimum Gasteiger partial charge on any atom is -0.483 e. The van der Waals surface area contributed by atoms with E-state index in [4.69, 9.17) is 15.7 Å². The molecule has 0 atom stereocenters. The lowest BCUT2D eigenvalue weighted by atomic mass is 10.1. The maximum atomic E-state index is 11.6. The number of amides is 3. The molecule has 0 aromatic heterocycles. The summed E-state index contributed by atoms with van der Waals surface area (Å²) in [5.74, 6) is -0.845. The van der Waals surface area contributed by atoms with Gasteiger partial charge in [0.15, 0.2) is 6.61 Å². The number of nitrogens with two attached hydrogens (primary N) is 1. The van der Waals surface area contributed by atoms with Crippen molar-refractivity contribution in [1.29, 1.82) is 0 Å². The van der Waals surface area contributed by atoms with Gasteiger partial charge < -0.3 is 10.5 Å². The molecule has 0 fully saturated rings. The standard InChI is InChI=1S/C16H22N4O5/c17-14(21)11-25-13-7-5-4-6-12(13)10-18-19-15(22)8-2-1-3-9-16(23)20-24/h4-7,10,24H,1-3,8-9,11H2,(H2,17,21)(H,19,22)(H,20,23)/b18-10+. The number of nitrogens with one attached hydrogen (secondary N) is 2. The minimum absolute atomic E-state index is 0.221. The molecular formula is C16H22N4O5. The molecule has 0 saturated heterocycles. The molecule has 0 saturated carbocycles. The summed E-state index contributed by atoms with van der Waals surface area (Å²) >= 11 is 0. The Hall–Kier alpha value is -2.94. The van der Waals surface area contributed by atoms with Gasteiger partial charge in [-0.05, 0) is 25.0 Å². The van der Waals surface area contributed by atoms with E-state index in [1.165, 1.54) is 6.21 Å². The molecule has 0 aliphatic heterocycles. The van der Waals surface area contributed by atoms with E-state index in [1.54, 1.807) is 29.7 Å². The Bertz CT molecular complexity index is 618. The van der Waals surface area contributed by atoms with Crippen LogP contribution < -0.4 is 21.4 Å². The number of unbranched alkanes of at least 4 members (excludes halogenated alkanes) is 2. The average Bonchev–Trinajstić information content (AvgIpc) is 2.60. The molecule has 1 aromatic carbocycles. The largest absolute Gasteiger partial charge is 0.483 e. The molecule has 0 heterocycles. The van der Waals surface area contributed by atoms with Gasteiger partial charge >= 0.3 is 0 Å². The molecule has 0 unspecified atom stereocenters. The summed E-state index contributed by atoms with van der Waals surface area (Å²) in [5, 5.41) is 12.2. The zero-order valence-electron chi connectivity index (χ0n) is 13.7. The SMILES string of the molecule is NC(=O)COc1ccccc1/C=N/NC(=O)CCCCCC(=O)NO. The highest BCUT2D eigenvalue weighted by Gasteiger charge is 2.04. The highest BCUT2D eigenvalue weighted by atomic mass is 16.5. The molecule has 0 aliphatic carbocycles. The van der Waals surface area contributed by atoms with E-state index in [-0.39, 0.29) is 25.4 Å². The fourth-order valence-corrected chi connectivity index (χ4v) is 1.90. The lowest BCUT2D eigenvalue weighted by molar-refractivity contribution is -0.129. The quantitative estimate of drug-likeness (QED) is 0.198. The summed E-state index contributed by atoms with van der Waals surface area (Å²) in [6, 6.07) is 6.89. The molecule has 25 heavy (non-hydrogen) atoms. The third-order valence-corrected chi connectivity index (χ3v) is 3.11. The zero-order chi connectivity index (χ0) is 18.5. The normalized spacial score (nSPS) is 10.4. The van der Waals surface area contributed by atoms with Gasteiger partial charge in [0.1, 0.15) is 5.75 Å². The molecule has 136 valence electrons. The lowest BCUT2D eigenvalue weighted by Gasteiger charge is -2.06. The Morgan fingerprint density at radius 1 is 1.12 bits per heavy atom. The van der Waals surface area contributed by atoms with Gasteiger partial charge in [-0.2, -0.15) is 5.10 Å². The number of carbonyl (C=O) groups is 3. The molecule has 3 amide bonds. The van der Waals surface area contributed by atoms with E-state index >= 15 is 0 Å². The van der Waals surface area contributed by atoms with Crippen molar-refractivity contribution < 1.29 is 24.3 Å². The van der Waals surface area contributed by atoms with Gasteiger partial charge in [0.2, 0.25) is 11.8 Å². The van der Waals surface area contributed by atoms with E-state index in [0.29, 0.717) is 30.6 Å². The van der Waals surface area contributed by atoms with Crippen molar-refractivity contribution in [3.63, 3.8) is 0 Å². The number of hydrazone groups is 1. The Morgan fingerprint density at radius 3 is 2.48 bits per heavy atom. The predicted octanol–water partition coefficient (Wildman–Crippen LogP) is 0.457. The molecule has 0 spiro atoms. The van der Waals surface area contributed by atoms with Gasteiger partial charge in [-0.1, -0.05) is 18.6 Å². The second-order valence-corrected chi connectivity index (χ2v) is 5.18. The summed E-state index contributed by atoms with van der Waals surface area (Å²) in [4.78, 5) is 33.2. The summed E-state index contributed by atoms with van der Waals surface area (Å²) in [6.45, 7) is -0.245. The zero-order valence-corrected chi connectivity index (χ0v) is 13.7. The summed E-state index contributed by atoms with van der Waals surface area (Å²) in [6.07, 6.45) is 3.80. The molecule has 0 aliphatic rings. The number of rotatable bonds is 11. The van der Waals surface area contributed by atoms with Crippen molar-refractivity contribution in [2.45, 2.75) is 32.1 Å². The van der Waals surface area contributed by atoms with Crippen molar-refractivity contribution in [3.05, 3.63) is 29.8 Å². The predicted molar refractivity (Wildman–Crippen MR) is 89.9 cm³/mol. The number of ether oxygens (including phenoxy) is 1. The van der Waals surface area contributed by atoms with E-state index < -0.39 is 11.8 Å². The lowest BCUT2D eigenvalue weighted by Crippen LogP contribution is -2.20. The van der Waals surface area contributed by atoms with Crippen LogP contribution in [0.4, 0.5) is 0 Å². The Labute approximate surface area is 145 Å². The number of para-hydroxylation sites is 1. The van der Waals surface area contributed by atoms with Crippen LogP contribution in [-0.2, 0) is 14.4 Å². The van der Waals surface area contributed by atoms with Crippen LogP contribution in [0.15, 0.2) is 29.4 Å². The maximum Gasteiger partial charge on any atom is 0.255 e. The van der Waals surface area contributed by atoms with E-state index in [9.17, 15) is 14.4 Å². The van der Waals surface area contributed by atoms with Crippen LogP contribution in [0.25, 0.3) is 0 Å². The first-order valence-corrected chi connectivity index (χ1v) is 7.78. The fourth-order valence-electron chi connectivity index (χ4n) is 1.90. The van der Waals surface area contributed by atoms with Crippen LogP contribution in [0, 0.1) is 0 Å². The number of hydrogen-bond donors (Lipinski definition) is 4. The second kappa shape index (κ2) is 11.6. The molecule has 0 bridgehead atoms. The van der Waals surface area contributed by atoms with Crippen molar-refractivity contribution >= 4 is 23.9 Å². The van der Waals surface area contributed by atoms with Crippen LogP contribution in [0.1, 0.15) is 37.7 Å². The Balaban J connectivity index is 2.33. The molecule has 0 radical (unpaired) electrons. The molecule has 1 aromatic rings. The highest BCUT2D eigenvalue weighted by molar-refractivity contribution is 5.85. The second-order valence-electron chi connectivity index (χ2n) is 5.18. The molecule has 5 N–H and O–H groups in total. The number of nitrogens with zero attached hydrogens (tertiary/aromatic N) is 1. The summed E-state index contributed by atoms with van der Waals surface area (Å²) in [5.41, 5.74) is 9.58. The van der Waals surface area contributed by atoms with Crippen molar-refractivity contribution in [2.24, 2.45) is 10.8 Å². The first kappa shape index (κ1) is 20.1. The number of carbonyl (C=O) groups excluding carboxylic acids is 3. The van der Waals surface area contributed by atoms with E-state index in [2.05, 4.69) is 10.5 Å². The van der Waals surface area contributed by atoms with E-state index in [0.717, 1.165) is 0 Å². The van der Waals surface area contributed by atoms with Gasteiger partial charge in [-0.15, -0.1) is 0 Å². The van der Waals surface area contributed by atoms with Crippen LogP contribution >= 0.6 is 0 Å². The highest BCUT2D eigenvalue weighted by Crippen LogP contribution is 2.15. The van der Waals surface area contributed by atoms with Crippen LogP contribution in [0.5, 0.6) is 5.75 Å². The molecule has 9 heteroatoms. The third-order valence-electron chi connectivity index (χ3n) is 3.11. The molecule has 9 nitrogen and oxygen atoms in total. The minimum atomic E-state index is -0.587. The Morgan fingerprint density at radius 2 is 1.80 bits per heavy atom. The first-order chi connectivity index (χ1) is 12.0. The summed E-state index contributed by atoms with van der Waals surface area (Å²) in [7, 11) is 0. The molecular weight excluding hydrogens is 328 g/mol. The van der Waals surface area contributed by atoms with Crippen molar-refractivity contribution in [1.82, 2.24) is 10.9 Å². The van der Waals surface area contributed by atoms with E-state index in [1.807, 2.05) is 0 Å². The number of benzene rings is 1. The maximum absolute atomic E-state index is 11.6. The fraction of sp³-hybridized carbons (Fsp3) is 0.375. The number of hydroxylamine groups is 1. The van der Waals surface area contributed by atoms with Gasteiger partial charge in [0, 0.05) is 18.4 Å². The number of primary amides is 1. The van der Waals surface area contributed by atoms with Gasteiger partial charge in [-0.3, -0.25) is 19.6 Å². The van der Waals surface area contributed by atoms with Gasteiger partial charge in [-0.25, -0.2) is 10.9 Å². The number of hydrogen-bond acceptors (Lipinski definition) is 6. The van der Waals surface area contributed by atoms with Gasteiger partial charge in [0.25, 0.3) is 5.91 Å². The third kappa shape index (κ3) is 9.06. The first-order valence-electron chi connectivity index (χ1n) is 7.78. The summed E-state index contributed by atoms with van der Waals surface area (Å²) < 4.78 is 5.25. The van der Waals surface area contributed by atoms with Gasteiger partial charge in [0.05, 0.1) is 6.21 Å². The molecule has 1 rings (SSSR count).